The van der Waals surface area contributed by atoms with Crippen molar-refractivity contribution in [3.63, 3.8) is 0 Å². The molecule has 1 unspecified atom stereocenters. The average Bonchev–Trinajstić information content (AvgIpc) is 2.20. The molecule has 0 fully saturated rings. The van der Waals surface area contributed by atoms with Crippen molar-refractivity contribution in [2.45, 2.75) is 33.7 Å². The molecule has 1 rings (SSSR count). The molecule has 100 valence electrons. The monoisotopic (exact) mass is 249 g/mol. The van der Waals surface area contributed by atoms with Gasteiger partial charge in [0.2, 0.25) is 0 Å². The lowest BCUT2D eigenvalue weighted by Crippen LogP contribution is -2.25. The minimum Gasteiger partial charge on any atom is -0.481 e. The van der Waals surface area contributed by atoms with Gasteiger partial charge in [0.05, 0.1) is 0 Å². The van der Waals surface area contributed by atoms with Gasteiger partial charge in [-0.05, 0) is 37.9 Å². The molecule has 1 N–H and O–H groups in total. The van der Waals surface area contributed by atoms with E-state index in [4.69, 9.17) is 5.11 Å². The first kappa shape index (κ1) is 14.7. The van der Waals surface area contributed by atoms with Crippen molar-refractivity contribution in [2.75, 3.05) is 13.6 Å². The highest BCUT2D eigenvalue weighted by Gasteiger charge is 2.11. The van der Waals surface area contributed by atoms with Crippen molar-refractivity contribution in [2.24, 2.45) is 5.92 Å². The van der Waals surface area contributed by atoms with Crippen LogP contribution < -0.4 is 0 Å². The smallest absolute Gasteiger partial charge is 0.303 e. The zero-order chi connectivity index (χ0) is 13.7. The fourth-order valence-corrected chi connectivity index (χ4v) is 2.27. The number of carbonyl (C=O) groups is 1. The molecule has 0 saturated heterocycles. The van der Waals surface area contributed by atoms with Crippen LogP contribution in [-0.2, 0) is 11.3 Å². The molecular weight excluding hydrogens is 226 g/mol. The average molecular weight is 249 g/mol. The summed E-state index contributed by atoms with van der Waals surface area (Å²) >= 11 is 0. The normalized spacial score (nSPS) is 12.7. The third-order valence-corrected chi connectivity index (χ3v) is 3.08. The van der Waals surface area contributed by atoms with Crippen molar-refractivity contribution in [3.05, 3.63) is 34.9 Å². The van der Waals surface area contributed by atoms with Gasteiger partial charge in [0.25, 0.3) is 0 Å². The Bertz CT molecular complexity index is 415. The molecule has 1 aromatic carbocycles. The molecule has 0 radical (unpaired) electrons. The van der Waals surface area contributed by atoms with Crippen LogP contribution in [0.2, 0.25) is 0 Å². The Kier molecular flexibility index (Phi) is 5.35. The number of hydrogen-bond acceptors (Lipinski definition) is 2. The molecule has 0 aromatic heterocycles. The number of hydrogen-bond donors (Lipinski definition) is 1. The Balaban J connectivity index is 2.53. The predicted molar refractivity (Wildman–Crippen MR) is 73.7 cm³/mol. The molecule has 0 aliphatic rings. The summed E-state index contributed by atoms with van der Waals surface area (Å²) in [7, 11) is 2.04. The first-order chi connectivity index (χ1) is 8.38. The molecule has 3 nitrogen and oxygen atoms in total. The summed E-state index contributed by atoms with van der Waals surface area (Å²) in [6.45, 7) is 7.87. The summed E-state index contributed by atoms with van der Waals surface area (Å²) in [6, 6.07) is 6.46. The second-order valence-electron chi connectivity index (χ2n) is 5.33. The molecule has 1 aromatic rings. The van der Waals surface area contributed by atoms with E-state index in [0.717, 1.165) is 13.1 Å². The number of carboxylic acid groups (broad SMARTS) is 1. The third kappa shape index (κ3) is 4.88. The van der Waals surface area contributed by atoms with Crippen molar-refractivity contribution in [3.8, 4) is 0 Å². The number of carboxylic acids is 1. The van der Waals surface area contributed by atoms with Crippen molar-refractivity contribution < 1.29 is 9.90 Å². The highest BCUT2D eigenvalue weighted by molar-refractivity contribution is 5.66. The van der Waals surface area contributed by atoms with Crippen LogP contribution >= 0.6 is 0 Å². The number of rotatable bonds is 6. The highest BCUT2D eigenvalue weighted by atomic mass is 16.4. The Hall–Kier alpha value is -1.35. The van der Waals surface area contributed by atoms with E-state index in [1.807, 2.05) is 14.0 Å². The van der Waals surface area contributed by atoms with Crippen LogP contribution in [0.25, 0.3) is 0 Å². The van der Waals surface area contributed by atoms with E-state index in [9.17, 15) is 4.79 Å². The van der Waals surface area contributed by atoms with Crippen LogP contribution in [0.4, 0.5) is 0 Å². The maximum atomic E-state index is 10.6. The fraction of sp³-hybridized carbons (Fsp3) is 0.533. The number of aryl methyl sites for hydroxylation is 2. The zero-order valence-electron chi connectivity index (χ0n) is 11.7. The Morgan fingerprint density at radius 2 is 2.06 bits per heavy atom. The number of aliphatic carboxylic acids is 1. The summed E-state index contributed by atoms with van der Waals surface area (Å²) in [5.74, 6) is -0.541. The Morgan fingerprint density at radius 1 is 1.39 bits per heavy atom. The van der Waals surface area contributed by atoms with Gasteiger partial charge in [-0.15, -0.1) is 0 Å². The molecule has 1 atom stereocenters. The number of nitrogens with zero attached hydrogens (tertiary/aromatic N) is 1. The van der Waals surface area contributed by atoms with E-state index in [2.05, 4.69) is 36.9 Å². The molecule has 0 amide bonds. The largest absolute Gasteiger partial charge is 0.481 e. The second-order valence-corrected chi connectivity index (χ2v) is 5.33. The van der Waals surface area contributed by atoms with Crippen molar-refractivity contribution in [1.29, 1.82) is 0 Å². The maximum absolute atomic E-state index is 10.6. The molecular formula is C15H23NO2. The number of benzene rings is 1. The van der Waals surface area contributed by atoms with Crippen LogP contribution in [0.1, 0.15) is 30.0 Å². The molecule has 0 saturated carbocycles. The topological polar surface area (TPSA) is 40.5 Å². The molecule has 0 aliphatic heterocycles. The SMILES string of the molecule is Cc1ccc(CN(C)CC(C)CC(=O)O)c(C)c1. The molecule has 0 heterocycles. The predicted octanol–water partition coefficient (Wildman–Crippen LogP) is 2.85. The summed E-state index contributed by atoms with van der Waals surface area (Å²) in [5, 5.41) is 8.74. The van der Waals surface area contributed by atoms with Crippen LogP contribution in [0, 0.1) is 19.8 Å². The lowest BCUT2D eigenvalue weighted by Gasteiger charge is -2.21. The van der Waals surface area contributed by atoms with Gasteiger partial charge in [0.1, 0.15) is 0 Å². The molecule has 0 bridgehead atoms. The minimum atomic E-state index is -0.720. The highest BCUT2D eigenvalue weighted by Crippen LogP contribution is 2.14. The zero-order valence-corrected chi connectivity index (χ0v) is 11.7. The minimum absolute atomic E-state index is 0.179. The Morgan fingerprint density at radius 3 is 2.61 bits per heavy atom. The van der Waals surface area contributed by atoms with Gasteiger partial charge in [-0.3, -0.25) is 4.79 Å². The molecule has 3 heteroatoms. The standard InChI is InChI=1S/C15H23NO2/c1-11-5-6-14(13(3)7-11)10-16(4)9-12(2)8-15(17)18/h5-7,12H,8-10H2,1-4H3,(H,17,18). The van der Waals surface area contributed by atoms with Crippen LogP contribution in [-0.4, -0.2) is 29.6 Å². The van der Waals surface area contributed by atoms with E-state index in [1.54, 1.807) is 0 Å². The first-order valence-corrected chi connectivity index (χ1v) is 6.35. The van der Waals surface area contributed by atoms with Crippen LogP contribution in [0.3, 0.4) is 0 Å². The summed E-state index contributed by atoms with van der Waals surface area (Å²) in [6.07, 6.45) is 0.233. The van der Waals surface area contributed by atoms with E-state index < -0.39 is 5.97 Å². The van der Waals surface area contributed by atoms with Gasteiger partial charge in [-0.25, -0.2) is 0 Å². The van der Waals surface area contributed by atoms with Crippen molar-refractivity contribution >= 4 is 5.97 Å². The summed E-state index contributed by atoms with van der Waals surface area (Å²) < 4.78 is 0. The lowest BCUT2D eigenvalue weighted by atomic mass is 10.0. The fourth-order valence-electron chi connectivity index (χ4n) is 2.27. The van der Waals surface area contributed by atoms with Gasteiger partial charge in [-0.2, -0.15) is 0 Å². The van der Waals surface area contributed by atoms with E-state index in [0.29, 0.717) is 0 Å². The van der Waals surface area contributed by atoms with Gasteiger partial charge >= 0.3 is 5.97 Å². The van der Waals surface area contributed by atoms with Crippen LogP contribution in [0.5, 0.6) is 0 Å². The van der Waals surface area contributed by atoms with E-state index >= 15 is 0 Å². The summed E-state index contributed by atoms with van der Waals surface area (Å²) in [4.78, 5) is 12.8. The van der Waals surface area contributed by atoms with Crippen LogP contribution in [0.15, 0.2) is 18.2 Å². The van der Waals surface area contributed by atoms with Gasteiger partial charge < -0.3 is 10.0 Å². The second kappa shape index (κ2) is 6.55. The first-order valence-electron chi connectivity index (χ1n) is 6.35. The third-order valence-electron chi connectivity index (χ3n) is 3.08. The Labute approximate surface area is 109 Å². The quantitative estimate of drug-likeness (QED) is 0.842. The maximum Gasteiger partial charge on any atom is 0.303 e. The molecule has 0 aliphatic carbocycles. The molecule has 0 spiro atoms. The lowest BCUT2D eigenvalue weighted by molar-refractivity contribution is -0.138. The van der Waals surface area contributed by atoms with Gasteiger partial charge in [0, 0.05) is 19.5 Å². The molecule has 18 heavy (non-hydrogen) atoms. The summed E-state index contributed by atoms with van der Waals surface area (Å²) in [5.41, 5.74) is 3.89. The van der Waals surface area contributed by atoms with E-state index in [1.165, 1.54) is 16.7 Å². The van der Waals surface area contributed by atoms with E-state index in [-0.39, 0.29) is 12.3 Å². The van der Waals surface area contributed by atoms with Gasteiger partial charge in [0.15, 0.2) is 0 Å². The van der Waals surface area contributed by atoms with Gasteiger partial charge in [-0.1, -0.05) is 30.7 Å². The van der Waals surface area contributed by atoms with Crippen molar-refractivity contribution in [1.82, 2.24) is 4.90 Å².